The van der Waals surface area contributed by atoms with Gasteiger partial charge in [-0.15, -0.1) is 0 Å². The highest BCUT2D eigenvalue weighted by Gasteiger charge is 2.44. The second-order valence-corrected chi connectivity index (χ2v) is 9.15. The number of morpholine rings is 1. The lowest BCUT2D eigenvalue weighted by Gasteiger charge is -2.29. The number of rotatable bonds is 9. The van der Waals surface area contributed by atoms with Gasteiger partial charge in [0, 0.05) is 18.5 Å². The normalized spacial score (nSPS) is 20.1. The molecule has 1 amide bonds. The molecular formula is C28H34N2O6. The Hall–Kier alpha value is -3.36. The number of carbonyl (C=O) groups is 2. The number of likely N-dealkylation sites (tertiary alicyclic amines) is 1. The zero-order valence-corrected chi connectivity index (χ0v) is 21.2. The predicted octanol–water partition coefficient (Wildman–Crippen LogP) is 0.932. The zero-order valence-electron chi connectivity index (χ0n) is 21.2. The van der Waals surface area contributed by atoms with Crippen molar-refractivity contribution in [2.24, 2.45) is 0 Å². The van der Waals surface area contributed by atoms with Gasteiger partial charge in [-0.25, -0.2) is 0 Å². The second kappa shape index (κ2) is 11.6. The SMILES string of the molecule is CCOc1ccc(C2/C(=C(\[O-])c3ccc(C)cc3)C(=O)C(=O)N2CCC[NH+]2CCOCC2)cc1OC. The number of quaternary nitrogens is 1. The number of hydrogen-bond acceptors (Lipinski definition) is 6. The topological polar surface area (TPSA) is 92.6 Å². The Labute approximate surface area is 212 Å². The summed E-state index contributed by atoms with van der Waals surface area (Å²) in [6.07, 6.45) is 0.713. The fraction of sp³-hybridized carbons (Fsp3) is 0.429. The van der Waals surface area contributed by atoms with Crippen molar-refractivity contribution >= 4 is 17.4 Å². The molecule has 0 spiro atoms. The molecule has 2 fully saturated rings. The maximum absolute atomic E-state index is 13.6. The van der Waals surface area contributed by atoms with Crippen LogP contribution in [0.4, 0.5) is 0 Å². The van der Waals surface area contributed by atoms with E-state index in [1.54, 1.807) is 35.2 Å². The lowest BCUT2D eigenvalue weighted by atomic mass is 9.94. The smallest absolute Gasteiger partial charge is 0.295 e. The van der Waals surface area contributed by atoms with Crippen molar-refractivity contribution in [3.63, 3.8) is 0 Å². The molecule has 1 atom stereocenters. The molecule has 0 bridgehead atoms. The molecule has 0 aromatic heterocycles. The minimum Gasteiger partial charge on any atom is -0.872 e. The Bertz CT molecular complexity index is 1120. The molecule has 8 nitrogen and oxygen atoms in total. The summed E-state index contributed by atoms with van der Waals surface area (Å²) in [7, 11) is 1.54. The van der Waals surface area contributed by atoms with E-state index in [4.69, 9.17) is 14.2 Å². The molecule has 2 saturated heterocycles. The largest absolute Gasteiger partial charge is 0.872 e. The molecule has 2 heterocycles. The van der Waals surface area contributed by atoms with E-state index in [0.717, 1.165) is 38.4 Å². The summed E-state index contributed by atoms with van der Waals surface area (Å²) in [5.41, 5.74) is 2.02. The van der Waals surface area contributed by atoms with Crippen LogP contribution in [0.2, 0.25) is 0 Å². The summed E-state index contributed by atoms with van der Waals surface area (Å²) in [5, 5.41) is 13.6. The third-order valence-electron chi connectivity index (χ3n) is 6.78. The molecule has 0 saturated carbocycles. The number of nitrogens with one attached hydrogen (secondary N) is 1. The van der Waals surface area contributed by atoms with Gasteiger partial charge in [0.2, 0.25) is 5.78 Å². The minimum atomic E-state index is -0.789. The summed E-state index contributed by atoms with van der Waals surface area (Å²) in [6, 6.07) is 11.6. The number of aryl methyl sites for hydroxylation is 1. The van der Waals surface area contributed by atoms with Crippen LogP contribution in [0.5, 0.6) is 11.5 Å². The first-order valence-electron chi connectivity index (χ1n) is 12.5. The van der Waals surface area contributed by atoms with Gasteiger partial charge in [-0.2, -0.15) is 0 Å². The number of Topliss-reactive ketones (excluding diaryl/α,β-unsaturated/α-hetero) is 1. The van der Waals surface area contributed by atoms with E-state index in [1.165, 1.54) is 12.0 Å². The maximum Gasteiger partial charge on any atom is 0.295 e. The second-order valence-electron chi connectivity index (χ2n) is 9.15. The fourth-order valence-electron chi connectivity index (χ4n) is 4.85. The highest BCUT2D eigenvalue weighted by molar-refractivity contribution is 6.46. The molecule has 192 valence electrons. The summed E-state index contributed by atoms with van der Waals surface area (Å²) >= 11 is 0. The molecule has 2 aliphatic heterocycles. The Morgan fingerprint density at radius 1 is 1.11 bits per heavy atom. The zero-order chi connectivity index (χ0) is 25.7. The number of nitrogens with zero attached hydrogens (tertiary/aromatic N) is 1. The van der Waals surface area contributed by atoms with Gasteiger partial charge in [0.05, 0.1) is 39.5 Å². The number of ether oxygens (including phenoxy) is 3. The Morgan fingerprint density at radius 2 is 1.83 bits per heavy atom. The number of benzene rings is 2. The molecule has 1 unspecified atom stereocenters. The maximum atomic E-state index is 13.6. The number of amides is 1. The van der Waals surface area contributed by atoms with Crippen LogP contribution in [-0.4, -0.2) is 69.7 Å². The molecule has 1 N–H and O–H groups in total. The Kier molecular flexibility index (Phi) is 8.28. The quantitative estimate of drug-likeness (QED) is 0.317. The summed E-state index contributed by atoms with van der Waals surface area (Å²) < 4.78 is 16.6. The van der Waals surface area contributed by atoms with Crippen molar-refractivity contribution in [2.75, 3.05) is 53.1 Å². The average molecular weight is 495 g/mol. The molecular weight excluding hydrogens is 460 g/mol. The standard InChI is InChI=1S/C28H34N2O6/c1-4-36-22-11-10-21(18-23(22)34-3)25-24(26(31)20-8-6-19(2)7-9-20)27(32)28(33)30(25)13-5-12-29-14-16-35-17-15-29/h6-11,18,25,31H,4-5,12-17H2,1-3H3/b26-24+. The van der Waals surface area contributed by atoms with Crippen LogP contribution in [0.1, 0.15) is 36.1 Å². The van der Waals surface area contributed by atoms with Gasteiger partial charge < -0.3 is 29.1 Å². The van der Waals surface area contributed by atoms with Crippen molar-refractivity contribution in [3.05, 3.63) is 64.7 Å². The number of methoxy groups -OCH3 is 1. The van der Waals surface area contributed by atoms with E-state index in [2.05, 4.69) is 0 Å². The number of carbonyl (C=O) groups excluding carboxylic acids is 2. The van der Waals surface area contributed by atoms with Crippen LogP contribution in [-0.2, 0) is 14.3 Å². The molecule has 2 aromatic rings. The molecule has 2 aromatic carbocycles. The van der Waals surface area contributed by atoms with Gasteiger partial charge in [0.15, 0.2) is 11.5 Å². The highest BCUT2D eigenvalue weighted by Crippen LogP contribution is 2.41. The molecule has 0 aliphatic carbocycles. The van der Waals surface area contributed by atoms with Gasteiger partial charge in [-0.05, 0) is 37.1 Å². The van der Waals surface area contributed by atoms with Crippen LogP contribution in [0, 0.1) is 6.92 Å². The van der Waals surface area contributed by atoms with E-state index in [9.17, 15) is 14.7 Å². The van der Waals surface area contributed by atoms with Crippen LogP contribution in [0.3, 0.4) is 0 Å². The van der Waals surface area contributed by atoms with Crippen molar-refractivity contribution < 1.29 is 33.8 Å². The van der Waals surface area contributed by atoms with E-state index < -0.39 is 23.5 Å². The van der Waals surface area contributed by atoms with Gasteiger partial charge in [0.1, 0.15) is 13.1 Å². The molecule has 2 aliphatic rings. The molecule has 8 heteroatoms. The van der Waals surface area contributed by atoms with Crippen molar-refractivity contribution in [1.29, 1.82) is 0 Å². The van der Waals surface area contributed by atoms with Crippen LogP contribution in [0.15, 0.2) is 48.0 Å². The van der Waals surface area contributed by atoms with Crippen molar-refractivity contribution in [1.82, 2.24) is 4.90 Å². The minimum absolute atomic E-state index is 0.0196. The van der Waals surface area contributed by atoms with Crippen LogP contribution >= 0.6 is 0 Å². The number of hydrogen-bond donors (Lipinski definition) is 1. The van der Waals surface area contributed by atoms with Gasteiger partial charge >= 0.3 is 0 Å². The van der Waals surface area contributed by atoms with Gasteiger partial charge in [0.25, 0.3) is 5.91 Å². The van der Waals surface area contributed by atoms with E-state index >= 15 is 0 Å². The highest BCUT2D eigenvalue weighted by atomic mass is 16.5. The van der Waals surface area contributed by atoms with Crippen LogP contribution in [0.25, 0.3) is 5.76 Å². The van der Waals surface area contributed by atoms with Crippen LogP contribution < -0.4 is 19.5 Å². The first-order chi connectivity index (χ1) is 17.4. The van der Waals surface area contributed by atoms with Crippen molar-refractivity contribution in [3.8, 4) is 11.5 Å². The first kappa shape index (κ1) is 25.7. The first-order valence-corrected chi connectivity index (χ1v) is 12.5. The van der Waals surface area contributed by atoms with E-state index in [1.807, 2.05) is 26.0 Å². The third kappa shape index (κ3) is 5.39. The molecule has 4 rings (SSSR count). The van der Waals surface area contributed by atoms with E-state index in [0.29, 0.717) is 42.2 Å². The Balaban J connectivity index is 1.71. The summed E-state index contributed by atoms with van der Waals surface area (Å²) in [6.45, 7) is 8.83. The average Bonchev–Trinajstić information content (AvgIpc) is 3.15. The Morgan fingerprint density at radius 3 is 2.50 bits per heavy atom. The monoisotopic (exact) mass is 494 g/mol. The fourth-order valence-corrected chi connectivity index (χ4v) is 4.85. The van der Waals surface area contributed by atoms with Gasteiger partial charge in [-0.3, -0.25) is 9.59 Å². The number of ketones is 1. The lowest BCUT2D eigenvalue weighted by Crippen LogP contribution is -3.14. The third-order valence-corrected chi connectivity index (χ3v) is 6.78. The predicted molar refractivity (Wildman–Crippen MR) is 133 cm³/mol. The van der Waals surface area contributed by atoms with E-state index in [-0.39, 0.29) is 5.57 Å². The molecule has 0 radical (unpaired) electrons. The van der Waals surface area contributed by atoms with Crippen molar-refractivity contribution in [2.45, 2.75) is 26.3 Å². The summed E-state index contributed by atoms with van der Waals surface area (Å²) in [4.78, 5) is 29.4. The molecule has 36 heavy (non-hydrogen) atoms. The summed E-state index contributed by atoms with van der Waals surface area (Å²) in [5.74, 6) is -0.751. The lowest BCUT2D eigenvalue weighted by molar-refractivity contribution is -0.908. The van der Waals surface area contributed by atoms with Gasteiger partial charge in [-0.1, -0.05) is 41.7 Å².